The van der Waals surface area contributed by atoms with Crippen molar-refractivity contribution in [3.8, 4) is 26.9 Å². The van der Waals surface area contributed by atoms with Crippen molar-refractivity contribution in [1.29, 1.82) is 0 Å². The molecule has 122 valence electrons. The lowest BCUT2D eigenvalue weighted by atomic mass is 10.1. The van der Waals surface area contributed by atoms with Gasteiger partial charge in [0.15, 0.2) is 0 Å². The van der Waals surface area contributed by atoms with Crippen LogP contribution in [-0.4, -0.2) is 16.2 Å². The van der Waals surface area contributed by atoms with Gasteiger partial charge in [-0.2, -0.15) is 0 Å². The Hall–Kier alpha value is -2.15. The summed E-state index contributed by atoms with van der Waals surface area (Å²) in [4.78, 5) is 15.6. The number of thiazole rings is 1. The molecule has 0 unspecified atom stereocenters. The van der Waals surface area contributed by atoms with Crippen molar-refractivity contribution in [3.05, 3.63) is 58.3 Å². The fourth-order valence-corrected chi connectivity index (χ4v) is 3.38. The quantitative estimate of drug-likeness (QED) is 0.565. The molecule has 0 radical (unpaired) electrons. The molecule has 0 aliphatic rings. The first kappa shape index (κ1) is 16.7. The van der Waals surface area contributed by atoms with Crippen LogP contribution in [0.1, 0.15) is 0 Å². The zero-order valence-electron chi connectivity index (χ0n) is 11.8. The SMILES string of the molecule is O=C(O)Oc1nc(-c2cccc(Cl)c2)c(-c2ccc(F)c(Cl)c2)s1. The van der Waals surface area contributed by atoms with E-state index < -0.39 is 12.0 Å². The molecule has 0 saturated carbocycles. The summed E-state index contributed by atoms with van der Waals surface area (Å²) >= 11 is 12.9. The van der Waals surface area contributed by atoms with Crippen molar-refractivity contribution >= 4 is 40.7 Å². The van der Waals surface area contributed by atoms with E-state index in [-0.39, 0.29) is 10.2 Å². The van der Waals surface area contributed by atoms with Crippen molar-refractivity contribution in [2.75, 3.05) is 0 Å². The van der Waals surface area contributed by atoms with Gasteiger partial charge in [0, 0.05) is 10.6 Å². The van der Waals surface area contributed by atoms with E-state index in [0.717, 1.165) is 11.3 Å². The summed E-state index contributed by atoms with van der Waals surface area (Å²) in [6.45, 7) is 0. The Morgan fingerprint density at radius 1 is 1.17 bits per heavy atom. The third-order valence-electron chi connectivity index (χ3n) is 3.06. The van der Waals surface area contributed by atoms with Crippen LogP contribution in [0.15, 0.2) is 42.5 Å². The number of nitrogens with zero attached hydrogens (tertiary/aromatic N) is 1. The van der Waals surface area contributed by atoms with Crippen molar-refractivity contribution in [3.63, 3.8) is 0 Å². The first-order chi connectivity index (χ1) is 11.4. The van der Waals surface area contributed by atoms with Gasteiger partial charge in [0.2, 0.25) is 0 Å². The Morgan fingerprint density at radius 3 is 2.62 bits per heavy atom. The molecule has 1 heterocycles. The van der Waals surface area contributed by atoms with E-state index in [4.69, 9.17) is 28.3 Å². The van der Waals surface area contributed by atoms with Crippen LogP contribution in [-0.2, 0) is 0 Å². The van der Waals surface area contributed by atoms with Gasteiger partial charge in [-0.05, 0) is 29.8 Å². The van der Waals surface area contributed by atoms with Crippen LogP contribution >= 0.6 is 34.5 Å². The first-order valence-electron chi connectivity index (χ1n) is 6.57. The molecule has 4 nitrogen and oxygen atoms in total. The molecule has 0 spiro atoms. The number of ether oxygens (including phenoxy) is 1. The summed E-state index contributed by atoms with van der Waals surface area (Å²) in [6.07, 6.45) is -1.47. The molecule has 0 saturated heterocycles. The number of halogens is 3. The third kappa shape index (κ3) is 3.51. The maximum absolute atomic E-state index is 13.4. The Balaban J connectivity index is 2.17. The monoisotopic (exact) mass is 383 g/mol. The van der Waals surface area contributed by atoms with Crippen molar-refractivity contribution in [2.45, 2.75) is 0 Å². The molecule has 1 N–H and O–H groups in total. The Labute approximate surface area is 150 Å². The number of rotatable bonds is 3. The summed E-state index contributed by atoms with van der Waals surface area (Å²) in [7, 11) is 0. The fraction of sp³-hybridized carbons (Fsp3) is 0. The summed E-state index contributed by atoms with van der Waals surface area (Å²) < 4.78 is 18.1. The maximum Gasteiger partial charge on any atom is 0.513 e. The van der Waals surface area contributed by atoms with Crippen molar-refractivity contribution in [2.24, 2.45) is 0 Å². The molecule has 0 bridgehead atoms. The molecule has 1 aromatic heterocycles. The van der Waals surface area contributed by atoms with E-state index in [1.807, 2.05) is 0 Å². The van der Waals surface area contributed by atoms with Crippen LogP contribution in [0, 0.1) is 5.82 Å². The zero-order chi connectivity index (χ0) is 17.3. The van der Waals surface area contributed by atoms with Crippen molar-refractivity contribution < 1.29 is 19.0 Å². The van der Waals surface area contributed by atoms with Gasteiger partial charge in [-0.1, -0.05) is 52.7 Å². The normalized spacial score (nSPS) is 10.6. The van der Waals surface area contributed by atoms with Crippen LogP contribution in [0.5, 0.6) is 5.19 Å². The second-order valence-electron chi connectivity index (χ2n) is 4.66. The molecule has 3 aromatic rings. The molecule has 3 rings (SSSR count). The van der Waals surface area contributed by atoms with E-state index in [0.29, 0.717) is 26.7 Å². The van der Waals surface area contributed by atoms with Crippen LogP contribution in [0.25, 0.3) is 21.7 Å². The van der Waals surface area contributed by atoms with Gasteiger partial charge < -0.3 is 9.84 Å². The largest absolute Gasteiger partial charge is 0.513 e. The zero-order valence-corrected chi connectivity index (χ0v) is 14.1. The number of hydrogen-bond acceptors (Lipinski definition) is 4. The molecule has 24 heavy (non-hydrogen) atoms. The first-order valence-corrected chi connectivity index (χ1v) is 8.14. The number of benzene rings is 2. The van der Waals surface area contributed by atoms with Crippen LogP contribution in [0.3, 0.4) is 0 Å². The lowest BCUT2D eigenvalue weighted by molar-refractivity contribution is 0.144. The molecule has 0 amide bonds. The smallest absolute Gasteiger partial charge is 0.449 e. The van der Waals surface area contributed by atoms with E-state index in [2.05, 4.69) is 9.72 Å². The van der Waals surface area contributed by atoms with Gasteiger partial charge in [0.25, 0.3) is 5.19 Å². The molecule has 0 aliphatic carbocycles. The van der Waals surface area contributed by atoms with Crippen molar-refractivity contribution in [1.82, 2.24) is 4.98 Å². The van der Waals surface area contributed by atoms with Gasteiger partial charge >= 0.3 is 6.16 Å². The summed E-state index contributed by atoms with van der Waals surface area (Å²) in [5.41, 5.74) is 1.74. The molecular formula is C16H8Cl2FNO3S. The fourth-order valence-electron chi connectivity index (χ4n) is 2.08. The molecule has 8 heteroatoms. The summed E-state index contributed by atoms with van der Waals surface area (Å²) in [6, 6.07) is 11.1. The number of carboxylic acid groups (broad SMARTS) is 1. The number of carbonyl (C=O) groups is 1. The van der Waals surface area contributed by atoms with E-state index in [1.165, 1.54) is 18.2 Å². The highest BCUT2D eigenvalue weighted by Gasteiger charge is 2.18. The van der Waals surface area contributed by atoms with Gasteiger partial charge in [0.05, 0.1) is 15.6 Å². The predicted octanol–water partition coefficient (Wildman–Crippen LogP) is 5.98. The summed E-state index contributed by atoms with van der Waals surface area (Å²) in [5.74, 6) is -0.545. The lowest BCUT2D eigenvalue weighted by Crippen LogP contribution is -2.02. The molecule has 0 fully saturated rings. The highest BCUT2D eigenvalue weighted by Crippen LogP contribution is 2.41. The van der Waals surface area contributed by atoms with Gasteiger partial charge in [0.1, 0.15) is 5.82 Å². The Morgan fingerprint density at radius 2 is 1.96 bits per heavy atom. The van der Waals surface area contributed by atoms with E-state index in [1.54, 1.807) is 24.3 Å². The standard InChI is InChI=1S/C16H8Cl2FNO3S/c17-10-3-1-2-8(6-10)13-14(24-15(20-13)23-16(21)22)9-4-5-12(19)11(18)7-9/h1-7H,(H,21,22). The van der Waals surface area contributed by atoms with Crippen LogP contribution in [0.2, 0.25) is 10.0 Å². The Kier molecular flexibility index (Phi) is 4.71. The molecule has 0 aliphatic heterocycles. The Bertz CT molecular complexity index is 929. The van der Waals surface area contributed by atoms with E-state index in [9.17, 15) is 9.18 Å². The topological polar surface area (TPSA) is 59.4 Å². The van der Waals surface area contributed by atoms with Gasteiger partial charge in [-0.15, -0.1) is 0 Å². The second kappa shape index (κ2) is 6.76. The minimum absolute atomic E-state index is 0.0429. The molecular weight excluding hydrogens is 376 g/mol. The van der Waals surface area contributed by atoms with Crippen LogP contribution in [0.4, 0.5) is 9.18 Å². The second-order valence-corrected chi connectivity index (χ2v) is 6.47. The van der Waals surface area contributed by atoms with Gasteiger partial charge in [-0.25, -0.2) is 14.2 Å². The minimum Gasteiger partial charge on any atom is -0.449 e. The number of aromatic nitrogens is 1. The maximum atomic E-state index is 13.4. The van der Waals surface area contributed by atoms with E-state index >= 15 is 0 Å². The van der Waals surface area contributed by atoms with Gasteiger partial charge in [-0.3, -0.25) is 0 Å². The predicted molar refractivity (Wildman–Crippen MR) is 91.6 cm³/mol. The third-order valence-corrected chi connectivity index (χ3v) is 4.57. The molecule has 0 atom stereocenters. The highest BCUT2D eigenvalue weighted by atomic mass is 35.5. The average Bonchev–Trinajstić information content (AvgIpc) is 2.93. The minimum atomic E-state index is -1.47. The summed E-state index contributed by atoms with van der Waals surface area (Å²) in [5, 5.41) is 9.20. The molecule has 2 aromatic carbocycles. The number of hydrogen-bond donors (Lipinski definition) is 1. The lowest BCUT2D eigenvalue weighted by Gasteiger charge is -2.04. The van der Waals surface area contributed by atoms with Crippen LogP contribution < -0.4 is 4.74 Å². The highest BCUT2D eigenvalue weighted by molar-refractivity contribution is 7.17. The average molecular weight is 384 g/mol.